The van der Waals surface area contributed by atoms with Gasteiger partial charge >= 0.3 is 41.5 Å². The number of hydrogen-bond donors (Lipinski definition) is 0. The topological polar surface area (TPSA) is 110 Å². The summed E-state index contributed by atoms with van der Waals surface area (Å²) >= 11 is 0. The maximum atomic E-state index is 13.0. The molecule has 0 saturated carbocycles. The molecule has 9 heteroatoms. The smallest absolute Gasteiger partial charge is 0.744 e. The molecular weight excluding hydrogens is 768 g/mol. The summed E-state index contributed by atoms with van der Waals surface area (Å²) in [5, 5.41) is 0. The third-order valence-corrected chi connectivity index (χ3v) is 11.9. The van der Waals surface area contributed by atoms with Crippen molar-refractivity contribution < 1.29 is 61.6 Å². The molecule has 1 aromatic carbocycles. The number of unbranched alkanes of at least 4 members (excludes halogenated alkanes) is 30. The molecule has 0 N–H and O–H groups in total. The van der Waals surface area contributed by atoms with Crippen LogP contribution in [0.1, 0.15) is 253 Å². The molecule has 59 heavy (non-hydrogen) atoms. The normalized spacial score (nSPS) is 11.7. The fourth-order valence-electron chi connectivity index (χ4n) is 7.36. The predicted molar refractivity (Wildman–Crippen MR) is 242 cm³/mol. The molecule has 0 amide bonds. The van der Waals surface area contributed by atoms with Gasteiger partial charge in [-0.2, -0.15) is 0 Å². The summed E-state index contributed by atoms with van der Waals surface area (Å²) in [7, 11) is -5.02. The maximum Gasteiger partial charge on any atom is 1.00 e. The van der Waals surface area contributed by atoms with E-state index in [9.17, 15) is 22.6 Å². The number of hydrogen-bond acceptors (Lipinski definition) is 7. The molecule has 0 spiro atoms. The second kappa shape index (κ2) is 41.9. The van der Waals surface area contributed by atoms with Crippen molar-refractivity contribution in [1.29, 1.82) is 0 Å². The summed E-state index contributed by atoms with van der Waals surface area (Å²) in [6, 6.07) is 3.61. The van der Waals surface area contributed by atoms with Crippen LogP contribution < -0.4 is 29.6 Å². The van der Waals surface area contributed by atoms with Gasteiger partial charge in [0.25, 0.3) is 0 Å². The number of esters is 2. The Morgan fingerprint density at radius 1 is 0.475 bits per heavy atom. The van der Waals surface area contributed by atoms with Crippen LogP contribution in [0.4, 0.5) is 0 Å². The Balaban J connectivity index is 0.0000336. The van der Waals surface area contributed by atoms with Crippen molar-refractivity contribution in [1.82, 2.24) is 0 Å². The number of allylic oxidation sites excluding steroid dienone is 4. The van der Waals surface area contributed by atoms with Crippen LogP contribution in [0.5, 0.6) is 0 Å². The van der Waals surface area contributed by atoms with Gasteiger partial charge in [-0.1, -0.05) is 198 Å². The third kappa shape index (κ3) is 33.8. The van der Waals surface area contributed by atoms with Gasteiger partial charge in [-0.3, -0.25) is 0 Å². The van der Waals surface area contributed by atoms with Crippen molar-refractivity contribution in [3.63, 3.8) is 0 Å². The van der Waals surface area contributed by atoms with Crippen LogP contribution in [0, 0.1) is 0 Å². The van der Waals surface area contributed by atoms with Gasteiger partial charge < -0.3 is 14.0 Å². The fraction of sp³-hybridized carbons (Fsp3) is 0.760. The summed E-state index contributed by atoms with van der Waals surface area (Å²) in [6.45, 7) is 4.75. The zero-order valence-corrected chi connectivity index (χ0v) is 41.1. The fourth-order valence-corrected chi connectivity index (χ4v) is 8.05. The van der Waals surface area contributed by atoms with Gasteiger partial charge in [-0.15, -0.1) is 0 Å². The van der Waals surface area contributed by atoms with Crippen LogP contribution in [-0.4, -0.2) is 38.1 Å². The van der Waals surface area contributed by atoms with Crippen LogP contribution in [0.15, 0.2) is 47.4 Å². The van der Waals surface area contributed by atoms with Gasteiger partial charge in [-0.05, 0) is 76.3 Å². The first-order chi connectivity index (χ1) is 28.3. The van der Waals surface area contributed by atoms with Gasteiger partial charge in [0.1, 0.15) is 10.1 Å². The minimum absolute atomic E-state index is 0. The Hall–Kier alpha value is -1.45. The van der Waals surface area contributed by atoms with Crippen molar-refractivity contribution in [2.24, 2.45) is 0 Å². The van der Waals surface area contributed by atoms with Crippen LogP contribution in [0.2, 0.25) is 0 Å². The Labute approximate surface area is 385 Å². The molecule has 1 aromatic rings. The van der Waals surface area contributed by atoms with Crippen molar-refractivity contribution in [2.75, 3.05) is 13.2 Å². The molecule has 0 aromatic heterocycles. The second-order valence-corrected chi connectivity index (χ2v) is 17.7. The average molecular weight is 853 g/mol. The number of benzene rings is 1. The molecule has 0 aliphatic heterocycles. The number of ether oxygens (including phenoxy) is 2. The van der Waals surface area contributed by atoms with Gasteiger partial charge in [0.2, 0.25) is 0 Å². The SMILES string of the molecule is CCCCCCCCCCCCC/C=C/CCCCCCOC(=O)c1cccc(S(=O)(=O)[O-])c1C(=O)OCCCCCC/C=C/CCCCCCCCCCCCC.[Na+]. The first-order valence-corrected chi connectivity index (χ1v) is 25.5. The van der Waals surface area contributed by atoms with Crippen LogP contribution in [0.25, 0.3) is 0 Å². The Bertz CT molecular complexity index is 1310. The maximum absolute atomic E-state index is 13.0. The molecule has 0 bridgehead atoms. The van der Waals surface area contributed by atoms with E-state index in [0.717, 1.165) is 70.3 Å². The minimum atomic E-state index is -5.02. The molecule has 334 valence electrons. The molecule has 0 aliphatic carbocycles. The van der Waals surface area contributed by atoms with E-state index in [2.05, 4.69) is 38.2 Å². The molecule has 0 aliphatic rings. The molecule has 0 fully saturated rings. The summed E-state index contributed by atoms with van der Waals surface area (Å²) in [4.78, 5) is 25.2. The van der Waals surface area contributed by atoms with Crippen LogP contribution in [0.3, 0.4) is 0 Å². The predicted octanol–water partition coefficient (Wildman–Crippen LogP) is 12.3. The van der Waals surface area contributed by atoms with Gasteiger partial charge in [0.05, 0.1) is 29.2 Å². The van der Waals surface area contributed by atoms with E-state index in [-0.39, 0.29) is 48.3 Å². The molecular formula is C50H85NaO7S. The summed E-state index contributed by atoms with van der Waals surface area (Å²) in [6.07, 6.45) is 50.5. The molecule has 0 saturated heterocycles. The standard InChI is InChI=1S/C50H86O7S.Na/c1-3-5-7-9-11-13-15-17-19-21-23-25-27-29-31-33-35-37-39-44-56-49(51)46-42-41-43-47(58(53,54)55)48(46)50(52)57-45-40-38-36-34-32-30-28-26-24-22-20-18-16-14-12-10-8-6-4-2;/h27-30,41-43H,3-26,31-40,44-45H2,1-2H3,(H,53,54,55);/q;+1/p-1/b29-27+,30-28+;. The monoisotopic (exact) mass is 853 g/mol. The van der Waals surface area contributed by atoms with Crippen LogP contribution in [-0.2, 0) is 19.6 Å². The quantitative estimate of drug-likeness (QED) is 0.0212. The minimum Gasteiger partial charge on any atom is -0.744 e. The van der Waals surface area contributed by atoms with Crippen molar-refractivity contribution in [3.05, 3.63) is 53.6 Å². The van der Waals surface area contributed by atoms with Gasteiger partial charge in [-0.25, -0.2) is 18.0 Å². The molecule has 0 atom stereocenters. The second-order valence-electron chi connectivity index (χ2n) is 16.4. The van der Waals surface area contributed by atoms with E-state index >= 15 is 0 Å². The van der Waals surface area contributed by atoms with Crippen molar-refractivity contribution >= 4 is 22.1 Å². The number of carbonyl (C=O) groups excluding carboxylic acids is 2. The Kier molecular flexibility index (Phi) is 40.9. The average Bonchev–Trinajstić information content (AvgIpc) is 3.21. The van der Waals surface area contributed by atoms with Crippen molar-refractivity contribution in [2.45, 2.75) is 237 Å². The first kappa shape index (κ1) is 57.5. The Morgan fingerprint density at radius 2 is 0.780 bits per heavy atom. The molecule has 7 nitrogen and oxygen atoms in total. The number of rotatable bonds is 41. The summed E-state index contributed by atoms with van der Waals surface area (Å²) in [5.74, 6) is -1.83. The van der Waals surface area contributed by atoms with Gasteiger partial charge in [0, 0.05) is 0 Å². The Morgan fingerprint density at radius 3 is 1.12 bits per heavy atom. The summed E-state index contributed by atoms with van der Waals surface area (Å²) in [5.41, 5.74) is -0.796. The van der Waals surface area contributed by atoms with E-state index in [0.29, 0.717) is 12.8 Å². The largest absolute Gasteiger partial charge is 1.00 e. The van der Waals surface area contributed by atoms with E-state index in [1.807, 2.05) is 0 Å². The molecule has 0 unspecified atom stereocenters. The summed E-state index contributed by atoms with van der Waals surface area (Å²) < 4.78 is 46.8. The zero-order chi connectivity index (χ0) is 42.2. The molecule has 1 rings (SSSR count). The number of carbonyl (C=O) groups is 2. The third-order valence-electron chi connectivity index (χ3n) is 11.0. The van der Waals surface area contributed by atoms with Crippen LogP contribution >= 0.6 is 0 Å². The van der Waals surface area contributed by atoms with E-state index in [4.69, 9.17) is 9.47 Å². The van der Waals surface area contributed by atoms with Crippen molar-refractivity contribution in [3.8, 4) is 0 Å². The molecule has 0 heterocycles. The molecule has 0 radical (unpaired) electrons. The van der Waals surface area contributed by atoms with E-state index in [1.165, 1.54) is 153 Å². The zero-order valence-electron chi connectivity index (χ0n) is 38.3. The van der Waals surface area contributed by atoms with Gasteiger partial charge in [0.15, 0.2) is 0 Å². The first-order valence-electron chi connectivity index (χ1n) is 24.1. The van der Waals surface area contributed by atoms with E-state index in [1.54, 1.807) is 0 Å². The van der Waals surface area contributed by atoms with E-state index < -0.39 is 32.5 Å².